The number of amides is 2. The van der Waals surface area contributed by atoms with Crippen LogP contribution >= 0.6 is 0 Å². The number of pyridine rings is 1. The molecule has 0 aliphatic heterocycles. The Balaban J connectivity index is 1.43. The Hall–Kier alpha value is -3.87. The van der Waals surface area contributed by atoms with E-state index in [0.29, 0.717) is 23.6 Å². The van der Waals surface area contributed by atoms with Crippen molar-refractivity contribution in [2.75, 3.05) is 16.4 Å². The van der Waals surface area contributed by atoms with Crippen molar-refractivity contribution in [2.24, 2.45) is 0 Å². The minimum atomic E-state index is -0.282. The van der Waals surface area contributed by atoms with E-state index in [0.717, 1.165) is 34.3 Å². The fraction of sp³-hybridized carbons (Fsp3) is 0.174. The second-order valence-electron chi connectivity index (χ2n) is 7.17. The molecule has 2 aromatic carbocycles. The van der Waals surface area contributed by atoms with Crippen LogP contribution in [0.5, 0.6) is 0 Å². The zero-order valence-electron chi connectivity index (χ0n) is 16.9. The topological polar surface area (TPSA) is 106 Å². The number of hydrogen-bond acceptors (Lipinski definition) is 5. The summed E-state index contributed by atoms with van der Waals surface area (Å²) in [6.45, 7) is 4.00. The minimum Gasteiger partial charge on any atom is -0.380 e. The number of aromatic nitrogens is 2. The van der Waals surface area contributed by atoms with Gasteiger partial charge in [0.05, 0.1) is 5.39 Å². The van der Waals surface area contributed by atoms with Crippen molar-refractivity contribution in [3.05, 3.63) is 77.0 Å². The Kier molecular flexibility index (Phi) is 5.34. The number of nitrogen functional groups attached to an aromatic ring is 1. The highest BCUT2D eigenvalue weighted by molar-refractivity contribution is 5.99. The first-order chi connectivity index (χ1) is 14.5. The van der Waals surface area contributed by atoms with E-state index in [2.05, 4.69) is 27.7 Å². The summed E-state index contributed by atoms with van der Waals surface area (Å²) >= 11 is 0. The smallest absolute Gasteiger partial charge is 0.323 e. The van der Waals surface area contributed by atoms with Crippen LogP contribution in [0.2, 0.25) is 0 Å². The van der Waals surface area contributed by atoms with Gasteiger partial charge in [0.2, 0.25) is 0 Å². The second kappa shape index (κ2) is 8.24. The number of carbonyl (C=O) groups is 1. The number of urea groups is 1. The molecule has 4 rings (SSSR count). The molecule has 0 radical (unpaired) electrons. The molecule has 0 unspecified atom stereocenters. The van der Waals surface area contributed by atoms with Gasteiger partial charge in [-0.1, -0.05) is 36.3 Å². The molecule has 0 aliphatic carbocycles. The Morgan fingerprint density at radius 1 is 1.00 bits per heavy atom. The maximum atomic E-state index is 12.2. The monoisotopic (exact) mass is 401 g/mol. The standard InChI is InChI=1S/C23H23N5O2/c1-3-15-4-8-18(9-5-15)26-23(29)27-19-10-6-16(7-11-19)13-17-12-14(2)25-22-20(17)21(24)28-30-22/h4-12H,3,13H2,1-2H3,(H2,24,28)(H2,26,27,29). The van der Waals surface area contributed by atoms with Crippen molar-refractivity contribution in [2.45, 2.75) is 26.7 Å². The summed E-state index contributed by atoms with van der Waals surface area (Å²) in [5.74, 6) is 0.342. The normalized spacial score (nSPS) is 10.9. The van der Waals surface area contributed by atoms with Crippen LogP contribution in [0.3, 0.4) is 0 Å². The fourth-order valence-electron chi connectivity index (χ4n) is 3.37. The summed E-state index contributed by atoms with van der Waals surface area (Å²) in [4.78, 5) is 16.6. The number of nitrogens with two attached hydrogens (primary N) is 1. The number of carbonyl (C=O) groups excluding carboxylic acids is 1. The van der Waals surface area contributed by atoms with Gasteiger partial charge in [-0.2, -0.15) is 0 Å². The molecule has 152 valence electrons. The lowest BCUT2D eigenvalue weighted by atomic mass is 10.0. The van der Waals surface area contributed by atoms with Crippen LogP contribution in [-0.2, 0) is 12.8 Å². The highest BCUT2D eigenvalue weighted by Crippen LogP contribution is 2.26. The number of rotatable bonds is 5. The molecule has 0 saturated carbocycles. The van der Waals surface area contributed by atoms with Gasteiger partial charge in [-0.3, -0.25) is 0 Å². The van der Waals surface area contributed by atoms with Crippen LogP contribution in [-0.4, -0.2) is 16.2 Å². The lowest BCUT2D eigenvalue weighted by Crippen LogP contribution is -2.19. The SMILES string of the molecule is CCc1ccc(NC(=O)Nc2ccc(Cc3cc(C)nc4onc(N)c34)cc2)cc1. The lowest BCUT2D eigenvalue weighted by Gasteiger charge is -2.09. The van der Waals surface area contributed by atoms with E-state index in [-0.39, 0.29) is 6.03 Å². The molecule has 0 fully saturated rings. The van der Waals surface area contributed by atoms with E-state index in [1.807, 2.05) is 61.5 Å². The first-order valence-corrected chi connectivity index (χ1v) is 9.79. The molecule has 4 N–H and O–H groups in total. The lowest BCUT2D eigenvalue weighted by molar-refractivity contribution is 0.262. The van der Waals surface area contributed by atoms with Gasteiger partial charge in [0.1, 0.15) is 0 Å². The van der Waals surface area contributed by atoms with Gasteiger partial charge in [-0.15, -0.1) is 0 Å². The Morgan fingerprint density at radius 3 is 2.20 bits per heavy atom. The maximum absolute atomic E-state index is 12.2. The number of fused-ring (bicyclic) bond motifs is 1. The highest BCUT2D eigenvalue weighted by Gasteiger charge is 2.13. The van der Waals surface area contributed by atoms with E-state index < -0.39 is 0 Å². The molecule has 7 heteroatoms. The Morgan fingerprint density at radius 2 is 1.60 bits per heavy atom. The Bertz CT molecular complexity index is 1180. The zero-order valence-corrected chi connectivity index (χ0v) is 16.9. The molecule has 2 aromatic heterocycles. The Labute approximate surface area is 174 Å². The molecule has 0 atom stereocenters. The average molecular weight is 401 g/mol. The summed E-state index contributed by atoms with van der Waals surface area (Å²) in [5, 5.41) is 10.2. The number of hydrogen-bond donors (Lipinski definition) is 3. The molecule has 2 heterocycles. The van der Waals surface area contributed by atoms with Crippen LogP contribution in [0, 0.1) is 6.92 Å². The van der Waals surface area contributed by atoms with Crippen molar-refractivity contribution in [3.63, 3.8) is 0 Å². The molecule has 0 saturated heterocycles. The zero-order chi connectivity index (χ0) is 21.1. The summed E-state index contributed by atoms with van der Waals surface area (Å²) in [6.07, 6.45) is 1.62. The van der Waals surface area contributed by atoms with Gasteiger partial charge in [-0.05, 0) is 66.8 Å². The van der Waals surface area contributed by atoms with Crippen molar-refractivity contribution in [1.29, 1.82) is 0 Å². The van der Waals surface area contributed by atoms with Crippen LogP contribution in [0.4, 0.5) is 22.0 Å². The van der Waals surface area contributed by atoms with E-state index in [4.69, 9.17) is 10.3 Å². The molecular formula is C23H23N5O2. The molecule has 30 heavy (non-hydrogen) atoms. The van der Waals surface area contributed by atoms with Gasteiger partial charge in [-0.25, -0.2) is 9.78 Å². The molecule has 0 bridgehead atoms. The predicted molar refractivity (Wildman–Crippen MR) is 119 cm³/mol. The van der Waals surface area contributed by atoms with Gasteiger partial charge in [0.15, 0.2) is 5.82 Å². The van der Waals surface area contributed by atoms with Crippen LogP contribution < -0.4 is 16.4 Å². The number of aryl methyl sites for hydroxylation is 2. The molecule has 4 aromatic rings. The van der Waals surface area contributed by atoms with Crippen molar-refractivity contribution in [1.82, 2.24) is 10.1 Å². The van der Waals surface area contributed by atoms with Crippen LogP contribution in [0.25, 0.3) is 11.1 Å². The van der Waals surface area contributed by atoms with E-state index in [9.17, 15) is 4.79 Å². The van der Waals surface area contributed by atoms with Gasteiger partial charge < -0.3 is 20.9 Å². The summed E-state index contributed by atoms with van der Waals surface area (Å²) < 4.78 is 5.19. The number of anilines is 3. The molecule has 0 spiro atoms. The van der Waals surface area contributed by atoms with Gasteiger partial charge in [0, 0.05) is 17.1 Å². The van der Waals surface area contributed by atoms with Crippen molar-refractivity contribution < 1.29 is 9.32 Å². The average Bonchev–Trinajstić information content (AvgIpc) is 3.10. The summed E-state index contributed by atoms with van der Waals surface area (Å²) in [7, 11) is 0. The second-order valence-corrected chi connectivity index (χ2v) is 7.17. The molecule has 0 aliphatic rings. The van der Waals surface area contributed by atoms with E-state index >= 15 is 0 Å². The highest BCUT2D eigenvalue weighted by atomic mass is 16.5. The van der Waals surface area contributed by atoms with Crippen molar-refractivity contribution in [3.8, 4) is 0 Å². The molecular weight excluding hydrogens is 378 g/mol. The fourth-order valence-corrected chi connectivity index (χ4v) is 3.37. The largest absolute Gasteiger partial charge is 0.380 e. The first-order valence-electron chi connectivity index (χ1n) is 9.79. The van der Waals surface area contributed by atoms with E-state index in [1.165, 1.54) is 5.56 Å². The van der Waals surface area contributed by atoms with Crippen LogP contribution in [0.15, 0.2) is 59.1 Å². The minimum absolute atomic E-state index is 0.282. The van der Waals surface area contributed by atoms with Gasteiger partial charge >= 0.3 is 6.03 Å². The first kappa shape index (κ1) is 19.4. The third kappa shape index (κ3) is 4.25. The summed E-state index contributed by atoms with van der Waals surface area (Å²) in [6, 6.07) is 17.2. The quantitative estimate of drug-likeness (QED) is 0.440. The maximum Gasteiger partial charge on any atom is 0.323 e. The third-order valence-electron chi connectivity index (χ3n) is 4.91. The van der Waals surface area contributed by atoms with Crippen molar-refractivity contribution >= 4 is 34.3 Å². The number of nitrogens with zero attached hydrogens (tertiary/aromatic N) is 2. The number of benzene rings is 2. The van der Waals surface area contributed by atoms with Gasteiger partial charge in [0.25, 0.3) is 5.71 Å². The predicted octanol–water partition coefficient (Wildman–Crippen LogP) is 4.91. The number of nitrogens with one attached hydrogen (secondary N) is 2. The summed E-state index contributed by atoms with van der Waals surface area (Å²) in [5.41, 5.74) is 12.0. The molecule has 2 amide bonds. The van der Waals surface area contributed by atoms with Crippen LogP contribution in [0.1, 0.15) is 29.3 Å². The van der Waals surface area contributed by atoms with E-state index in [1.54, 1.807) is 0 Å². The third-order valence-corrected chi connectivity index (χ3v) is 4.91. The molecule has 7 nitrogen and oxygen atoms in total.